The molecule has 3 heteroatoms. The van der Waals surface area contributed by atoms with Gasteiger partial charge in [-0.1, -0.05) is 20.3 Å². The first-order valence-electron chi connectivity index (χ1n) is 4.40. The van der Waals surface area contributed by atoms with Gasteiger partial charge in [-0.2, -0.15) is 0 Å². The third-order valence-corrected chi connectivity index (χ3v) is 1.69. The zero-order valence-electron chi connectivity index (χ0n) is 8.04. The molecule has 2 unspecified atom stereocenters. The van der Waals surface area contributed by atoms with Crippen molar-refractivity contribution in [3.05, 3.63) is 0 Å². The first kappa shape index (κ1) is 11.4. The van der Waals surface area contributed by atoms with Crippen LogP contribution in [0.1, 0.15) is 33.6 Å². The summed E-state index contributed by atoms with van der Waals surface area (Å²) in [4.78, 5) is 10.9. The number of carbonyl (C=O) groups is 1. The average Bonchev–Trinajstić information content (AvgIpc) is 1.99. The number of hydrogen-bond acceptors (Lipinski definition) is 3. The van der Waals surface area contributed by atoms with E-state index in [0.717, 1.165) is 6.42 Å². The van der Waals surface area contributed by atoms with Crippen molar-refractivity contribution in [2.45, 2.75) is 39.7 Å². The molecule has 72 valence electrons. The van der Waals surface area contributed by atoms with Gasteiger partial charge in [-0.05, 0) is 12.8 Å². The largest absolute Gasteiger partial charge is 0.465 e. The van der Waals surface area contributed by atoms with E-state index >= 15 is 0 Å². The highest BCUT2D eigenvalue weighted by Gasteiger charge is 2.08. The fraction of sp³-hybridized carbons (Fsp3) is 0.889. The van der Waals surface area contributed by atoms with Crippen molar-refractivity contribution >= 4 is 5.97 Å². The maximum atomic E-state index is 10.9. The molecule has 0 bridgehead atoms. The minimum atomic E-state index is -0.602. The van der Waals surface area contributed by atoms with Crippen LogP contribution >= 0.6 is 0 Å². The predicted octanol–water partition coefficient (Wildman–Crippen LogP) is 1.35. The molecular weight excluding hydrogens is 156 g/mol. The van der Waals surface area contributed by atoms with Crippen LogP contribution in [0.3, 0.4) is 0 Å². The van der Waals surface area contributed by atoms with E-state index in [0.29, 0.717) is 12.5 Å². The maximum absolute atomic E-state index is 10.9. The standard InChI is InChI=1S/C9H18O3/c1-4-7(2)6-12-9(11)5-8(3)10/h7-8,10H,4-6H2,1-3H3. The maximum Gasteiger partial charge on any atom is 0.308 e. The Morgan fingerprint density at radius 3 is 2.50 bits per heavy atom. The zero-order valence-corrected chi connectivity index (χ0v) is 8.04. The van der Waals surface area contributed by atoms with Crippen LogP contribution in [-0.2, 0) is 9.53 Å². The first-order valence-corrected chi connectivity index (χ1v) is 4.40. The van der Waals surface area contributed by atoms with Gasteiger partial charge in [0, 0.05) is 0 Å². The van der Waals surface area contributed by atoms with E-state index in [1.165, 1.54) is 0 Å². The summed E-state index contributed by atoms with van der Waals surface area (Å²) >= 11 is 0. The molecule has 12 heavy (non-hydrogen) atoms. The van der Waals surface area contributed by atoms with Crippen molar-refractivity contribution < 1.29 is 14.6 Å². The van der Waals surface area contributed by atoms with E-state index in [2.05, 4.69) is 0 Å². The molecule has 0 heterocycles. The molecule has 0 saturated carbocycles. The Kier molecular flexibility index (Phi) is 5.72. The Morgan fingerprint density at radius 2 is 2.08 bits per heavy atom. The zero-order chi connectivity index (χ0) is 9.56. The summed E-state index contributed by atoms with van der Waals surface area (Å²) in [6, 6.07) is 0. The van der Waals surface area contributed by atoms with Gasteiger partial charge in [-0.15, -0.1) is 0 Å². The highest BCUT2D eigenvalue weighted by atomic mass is 16.5. The molecule has 0 aromatic heterocycles. The monoisotopic (exact) mass is 174 g/mol. The molecule has 0 aromatic carbocycles. The number of aliphatic hydroxyl groups excluding tert-OH is 1. The number of rotatable bonds is 5. The number of hydrogen-bond donors (Lipinski definition) is 1. The van der Waals surface area contributed by atoms with Crippen LogP contribution < -0.4 is 0 Å². The fourth-order valence-corrected chi connectivity index (χ4v) is 0.653. The molecule has 0 aromatic rings. The summed E-state index contributed by atoms with van der Waals surface area (Å²) in [5.41, 5.74) is 0. The van der Waals surface area contributed by atoms with Gasteiger partial charge >= 0.3 is 5.97 Å². The van der Waals surface area contributed by atoms with Crippen molar-refractivity contribution in [2.75, 3.05) is 6.61 Å². The Labute approximate surface area is 73.7 Å². The molecule has 1 N–H and O–H groups in total. The summed E-state index contributed by atoms with van der Waals surface area (Å²) in [6.45, 7) is 6.11. The second kappa shape index (κ2) is 6.00. The minimum absolute atomic E-state index is 0.0937. The highest BCUT2D eigenvalue weighted by Crippen LogP contribution is 2.02. The fourth-order valence-electron chi connectivity index (χ4n) is 0.653. The topological polar surface area (TPSA) is 46.5 Å². The van der Waals surface area contributed by atoms with Crippen LogP contribution in [0.15, 0.2) is 0 Å². The number of ether oxygens (including phenoxy) is 1. The van der Waals surface area contributed by atoms with Crippen molar-refractivity contribution in [3.63, 3.8) is 0 Å². The van der Waals surface area contributed by atoms with E-state index in [4.69, 9.17) is 9.84 Å². The Hall–Kier alpha value is -0.570. The number of esters is 1. The van der Waals surface area contributed by atoms with Gasteiger partial charge in [0.1, 0.15) is 0 Å². The predicted molar refractivity (Wildman–Crippen MR) is 46.7 cm³/mol. The van der Waals surface area contributed by atoms with Gasteiger partial charge in [0.05, 0.1) is 19.1 Å². The van der Waals surface area contributed by atoms with Crippen molar-refractivity contribution in [3.8, 4) is 0 Å². The van der Waals surface area contributed by atoms with Gasteiger partial charge in [-0.25, -0.2) is 0 Å². The summed E-state index contributed by atoms with van der Waals surface area (Å²) in [7, 11) is 0. The number of carbonyl (C=O) groups excluding carboxylic acids is 1. The van der Waals surface area contributed by atoms with Crippen molar-refractivity contribution in [1.29, 1.82) is 0 Å². The molecule has 0 aliphatic carbocycles. The van der Waals surface area contributed by atoms with E-state index in [9.17, 15) is 4.79 Å². The van der Waals surface area contributed by atoms with E-state index in [1.54, 1.807) is 6.92 Å². The molecule has 2 atom stereocenters. The average molecular weight is 174 g/mol. The summed E-state index contributed by atoms with van der Waals surface area (Å²) in [5.74, 6) is 0.0910. The van der Waals surface area contributed by atoms with Crippen LogP contribution in [-0.4, -0.2) is 23.8 Å². The smallest absolute Gasteiger partial charge is 0.308 e. The van der Waals surface area contributed by atoms with Crippen LogP contribution in [0.5, 0.6) is 0 Å². The third kappa shape index (κ3) is 6.16. The molecule has 0 spiro atoms. The molecule has 0 radical (unpaired) electrons. The van der Waals surface area contributed by atoms with Crippen LogP contribution in [0.4, 0.5) is 0 Å². The lowest BCUT2D eigenvalue weighted by Crippen LogP contribution is -2.15. The summed E-state index contributed by atoms with van der Waals surface area (Å²) < 4.78 is 4.91. The SMILES string of the molecule is CCC(C)COC(=O)CC(C)O. The third-order valence-electron chi connectivity index (χ3n) is 1.69. The van der Waals surface area contributed by atoms with E-state index in [-0.39, 0.29) is 12.4 Å². The van der Waals surface area contributed by atoms with E-state index in [1.807, 2.05) is 13.8 Å². The van der Waals surface area contributed by atoms with Crippen LogP contribution in [0.2, 0.25) is 0 Å². The quantitative estimate of drug-likeness (QED) is 0.640. The molecule has 0 fully saturated rings. The second-order valence-corrected chi connectivity index (χ2v) is 3.25. The summed E-state index contributed by atoms with van der Waals surface area (Å²) in [5, 5.41) is 8.84. The molecule has 0 rings (SSSR count). The van der Waals surface area contributed by atoms with Crippen LogP contribution in [0, 0.1) is 5.92 Å². The second-order valence-electron chi connectivity index (χ2n) is 3.25. The molecule has 0 aliphatic rings. The summed E-state index contributed by atoms with van der Waals surface area (Å²) in [6.07, 6.45) is 0.493. The Morgan fingerprint density at radius 1 is 1.50 bits per heavy atom. The molecular formula is C9H18O3. The first-order chi connectivity index (χ1) is 5.56. The van der Waals surface area contributed by atoms with Gasteiger partial charge in [0.25, 0.3) is 0 Å². The molecule has 0 amide bonds. The number of aliphatic hydroxyl groups is 1. The normalized spacial score (nSPS) is 15.3. The van der Waals surface area contributed by atoms with Gasteiger partial charge in [-0.3, -0.25) is 4.79 Å². The molecule has 0 aliphatic heterocycles. The minimum Gasteiger partial charge on any atom is -0.465 e. The molecule has 0 saturated heterocycles. The lowest BCUT2D eigenvalue weighted by atomic mass is 10.1. The highest BCUT2D eigenvalue weighted by molar-refractivity contribution is 5.69. The lowest BCUT2D eigenvalue weighted by Gasteiger charge is -2.09. The molecule has 3 nitrogen and oxygen atoms in total. The van der Waals surface area contributed by atoms with Crippen molar-refractivity contribution in [2.24, 2.45) is 5.92 Å². The van der Waals surface area contributed by atoms with Gasteiger partial charge in [0.15, 0.2) is 0 Å². The van der Waals surface area contributed by atoms with E-state index < -0.39 is 6.10 Å². The van der Waals surface area contributed by atoms with Crippen molar-refractivity contribution in [1.82, 2.24) is 0 Å². The lowest BCUT2D eigenvalue weighted by molar-refractivity contribution is -0.146. The van der Waals surface area contributed by atoms with Gasteiger partial charge < -0.3 is 9.84 Å². The van der Waals surface area contributed by atoms with Crippen LogP contribution in [0.25, 0.3) is 0 Å². The Balaban J connectivity index is 3.44. The Bertz CT molecular complexity index is 132. The van der Waals surface area contributed by atoms with Gasteiger partial charge in [0.2, 0.25) is 0 Å².